The van der Waals surface area contributed by atoms with Crippen LogP contribution in [0.25, 0.3) is 22.5 Å². The maximum absolute atomic E-state index is 6.37. The summed E-state index contributed by atoms with van der Waals surface area (Å²) in [5.41, 5.74) is 2.72. The van der Waals surface area contributed by atoms with E-state index in [9.17, 15) is 0 Å². The second kappa shape index (κ2) is 9.65. The molecule has 30 heavy (non-hydrogen) atoms. The van der Waals surface area contributed by atoms with Gasteiger partial charge in [0, 0.05) is 42.0 Å². The molecule has 2 aromatic carbocycles. The highest BCUT2D eigenvalue weighted by Crippen LogP contribution is 2.32. The Balaban J connectivity index is 1.57. The predicted molar refractivity (Wildman–Crippen MR) is 125 cm³/mol. The van der Waals surface area contributed by atoms with Crippen molar-refractivity contribution in [1.82, 2.24) is 20.6 Å². The maximum Gasteiger partial charge on any atom is 0.163 e. The van der Waals surface area contributed by atoms with Crippen LogP contribution in [0.3, 0.4) is 0 Å². The van der Waals surface area contributed by atoms with Gasteiger partial charge in [0.25, 0.3) is 0 Å². The first-order chi connectivity index (χ1) is 14.7. The lowest BCUT2D eigenvalue weighted by atomic mass is 10.1. The Labute approximate surface area is 185 Å². The van der Waals surface area contributed by atoms with E-state index in [0.717, 1.165) is 41.4 Å². The van der Waals surface area contributed by atoms with Crippen LogP contribution in [0.2, 0.25) is 10.0 Å². The van der Waals surface area contributed by atoms with Gasteiger partial charge in [-0.25, -0.2) is 9.97 Å². The minimum atomic E-state index is 0.519. The number of allylic oxidation sites excluding steroid dienone is 2. The van der Waals surface area contributed by atoms with E-state index in [1.165, 1.54) is 0 Å². The van der Waals surface area contributed by atoms with E-state index in [2.05, 4.69) is 27.0 Å². The summed E-state index contributed by atoms with van der Waals surface area (Å²) in [6, 6.07) is 15.4. The Kier molecular flexibility index (Phi) is 6.52. The highest BCUT2D eigenvalue weighted by Gasteiger charge is 2.13. The van der Waals surface area contributed by atoms with Crippen molar-refractivity contribution in [2.45, 2.75) is 0 Å². The van der Waals surface area contributed by atoms with E-state index < -0.39 is 0 Å². The minimum absolute atomic E-state index is 0.519. The molecule has 2 heterocycles. The van der Waals surface area contributed by atoms with E-state index in [1.54, 1.807) is 12.1 Å². The molecule has 4 rings (SSSR count). The lowest BCUT2D eigenvalue weighted by Crippen LogP contribution is -2.31. The Bertz CT molecular complexity index is 1080. The van der Waals surface area contributed by atoms with Crippen molar-refractivity contribution in [3.8, 4) is 22.5 Å². The highest BCUT2D eigenvalue weighted by molar-refractivity contribution is 6.36. The van der Waals surface area contributed by atoms with Gasteiger partial charge in [0.2, 0.25) is 0 Å². The van der Waals surface area contributed by atoms with Crippen LogP contribution in [0.15, 0.2) is 78.8 Å². The smallest absolute Gasteiger partial charge is 0.163 e. The van der Waals surface area contributed by atoms with Crippen LogP contribution in [0, 0.1) is 0 Å². The van der Waals surface area contributed by atoms with Crippen molar-refractivity contribution in [2.24, 2.45) is 0 Å². The number of halogens is 2. The molecule has 0 saturated carbocycles. The van der Waals surface area contributed by atoms with Gasteiger partial charge < -0.3 is 16.0 Å². The molecule has 1 aliphatic rings. The number of hydrogen-bond donors (Lipinski definition) is 3. The number of aromatic nitrogens is 2. The summed E-state index contributed by atoms with van der Waals surface area (Å²) in [7, 11) is 0. The fourth-order valence-electron chi connectivity index (χ4n) is 3.11. The van der Waals surface area contributed by atoms with Crippen LogP contribution in [0.4, 0.5) is 5.82 Å². The molecule has 0 unspecified atom stereocenters. The molecular weight excluding hydrogens is 417 g/mol. The quantitative estimate of drug-likeness (QED) is 0.447. The van der Waals surface area contributed by atoms with Crippen molar-refractivity contribution < 1.29 is 0 Å². The fraction of sp³-hybridized carbons (Fsp3) is 0.130. The summed E-state index contributed by atoms with van der Waals surface area (Å²) < 4.78 is 0. The van der Waals surface area contributed by atoms with E-state index >= 15 is 0 Å². The third kappa shape index (κ3) is 4.93. The summed E-state index contributed by atoms with van der Waals surface area (Å²) >= 11 is 12.4. The van der Waals surface area contributed by atoms with Gasteiger partial charge in [0.05, 0.1) is 10.8 Å². The molecule has 1 aromatic heterocycles. The molecule has 1 aliphatic heterocycles. The Hall–Kier alpha value is -3.02. The van der Waals surface area contributed by atoms with Gasteiger partial charge >= 0.3 is 0 Å². The molecule has 0 fully saturated rings. The number of anilines is 1. The van der Waals surface area contributed by atoms with Gasteiger partial charge in [-0.05, 0) is 29.8 Å². The third-order valence-corrected chi connectivity index (χ3v) is 5.14. The molecule has 3 aromatic rings. The Morgan fingerprint density at radius 2 is 1.80 bits per heavy atom. The van der Waals surface area contributed by atoms with E-state index in [0.29, 0.717) is 22.4 Å². The van der Waals surface area contributed by atoms with Crippen LogP contribution < -0.4 is 16.0 Å². The largest absolute Gasteiger partial charge is 0.370 e. The summed E-state index contributed by atoms with van der Waals surface area (Å²) in [4.78, 5) is 9.33. The van der Waals surface area contributed by atoms with Gasteiger partial charge in [-0.2, -0.15) is 0 Å². The summed E-state index contributed by atoms with van der Waals surface area (Å²) in [5, 5.41) is 11.2. The fourth-order valence-corrected chi connectivity index (χ4v) is 3.60. The van der Waals surface area contributed by atoms with Crippen molar-refractivity contribution in [3.05, 3.63) is 88.8 Å². The second-order valence-corrected chi connectivity index (χ2v) is 7.53. The van der Waals surface area contributed by atoms with Crippen molar-refractivity contribution in [1.29, 1.82) is 0 Å². The number of nitrogens with one attached hydrogen (secondary N) is 3. The SMILES string of the molecule is Clc1ccc(-c2ncc(-c3ccccc3)c(NCCNC3=CC=CCN3)n2)c(Cl)c1. The molecule has 0 amide bonds. The first-order valence-electron chi connectivity index (χ1n) is 9.67. The molecular formula is C23H21Cl2N5. The van der Waals surface area contributed by atoms with Gasteiger partial charge in [0.1, 0.15) is 5.82 Å². The first kappa shape index (κ1) is 20.3. The molecule has 0 aliphatic carbocycles. The molecule has 0 atom stereocenters. The topological polar surface area (TPSA) is 61.9 Å². The molecule has 7 heteroatoms. The summed E-state index contributed by atoms with van der Waals surface area (Å²) in [5.74, 6) is 2.32. The highest BCUT2D eigenvalue weighted by atomic mass is 35.5. The van der Waals surface area contributed by atoms with E-state index in [1.807, 2.05) is 54.7 Å². The van der Waals surface area contributed by atoms with Crippen molar-refractivity contribution >= 4 is 29.0 Å². The standard InChI is InChI=1S/C23H21Cl2N5/c24-17-9-10-18(20(25)14-17)22-29-15-19(16-6-2-1-3-7-16)23(30-22)28-13-12-27-21-8-4-5-11-26-21/h1-10,14-15,26-27H,11-13H2,(H,28,29,30). The zero-order chi connectivity index (χ0) is 20.8. The summed E-state index contributed by atoms with van der Waals surface area (Å²) in [6.45, 7) is 2.26. The normalized spacial score (nSPS) is 12.8. The number of nitrogens with zero attached hydrogens (tertiary/aromatic N) is 2. The zero-order valence-electron chi connectivity index (χ0n) is 16.2. The molecule has 3 N–H and O–H groups in total. The van der Waals surface area contributed by atoms with Crippen molar-refractivity contribution in [2.75, 3.05) is 25.0 Å². The maximum atomic E-state index is 6.37. The minimum Gasteiger partial charge on any atom is -0.370 e. The monoisotopic (exact) mass is 437 g/mol. The van der Waals surface area contributed by atoms with Gasteiger partial charge in [-0.1, -0.05) is 65.7 Å². The number of benzene rings is 2. The third-order valence-electron chi connectivity index (χ3n) is 4.59. The van der Waals surface area contributed by atoms with E-state index in [4.69, 9.17) is 28.2 Å². The van der Waals surface area contributed by atoms with Crippen molar-refractivity contribution in [3.63, 3.8) is 0 Å². The van der Waals surface area contributed by atoms with Crippen LogP contribution in [-0.2, 0) is 0 Å². The second-order valence-electron chi connectivity index (χ2n) is 6.69. The molecule has 0 radical (unpaired) electrons. The van der Waals surface area contributed by atoms with Crippen LogP contribution >= 0.6 is 23.2 Å². The lowest BCUT2D eigenvalue weighted by molar-refractivity contribution is 0.717. The Morgan fingerprint density at radius 3 is 2.57 bits per heavy atom. The lowest BCUT2D eigenvalue weighted by Gasteiger charge is -2.16. The number of rotatable bonds is 7. The van der Waals surface area contributed by atoms with Gasteiger partial charge in [-0.15, -0.1) is 0 Å². The molecule has 0 saturated heterocycles. The number of dihydropyridines is 1. The van der Waals surface area contributed by atoms with Crippen LogP contribution in [0.1, 0.15) is 0 Å². The van der Waals surface area contributed by atoms with Crippen LogP contribution in [0.5, 0.6) is 0 Å². The van der Waals surface area contributed by atoms with Crippen LogP contribution in [-0.4, -0.2) is 29.6 Å². The number of hydrogen-bond acceptors (Lipinski definition) is 5. The molecule has 0 spiro atoms. The average Bonchev–Trinajstić information content (AvgIpc) is 2.78. The van der Waals surface area contributed by atoms with Gasteiger partial charge in [0.15, 0.2) is 5.82 Å². The molecule has 5 nitrogen and oxygen atoms in total. The first-order valence-corrected chi connectivity index (χ1v) is 10.4. The van der Waals surface area contributed by atoms with E-state index in [-0.39, 0.29) is 0 Å². The molecule has 0 bridgehead atoms. The average molecular weight is 438 g/mol. The predicted octanol–water partition coefficient (Wildman–Crippen LogP) is 5.12. The van der Waals surface area contributed by atoms with Gasteiger partial charge in [-0.3, -0.25) is 0 Å². The zero-order valence-corrected chi connectivity index (χ0v) is 17.7. The summed E-state index contributed by atoms with van der Waals surface area (Å²) in [6.07, 6.45) is 7.95. The molecule has 152 valence electrons. The Morgan fingerprint density at radius 1 is 0.967 bits per heavy atom.